The number of ether oxygens (including phenoxy) is 2. The van der Waals surface area contributed by atoms with Crippen molar-refractivity contribution in [2.24, 2.45) is 11.5 Å². The predicted molar refractivity (Wildman–Crippen MR) is 146 cm³/mol. The minimum Gasteiger partial charge on any atom is -0.492 e. The van der Waals surface area contributed by atoms with Crippen LogP contribution in [0.15, 0.2) is 40.3 Å². The Labute approximate surface area is 220 Å². The zero-order chi connectivity index (χ0) is 26.5. The summed E-state index contributed by atoms with van der Waals surface area (Å²) in [5, 5.41) is 0.931. The zero-order valence-corrected chi connectivity index (χ0v) is 22.7. The number of benzene rings is 1. The summed E-state index contributed by atoms with van der Waals surface area (Å²) in [6.45, 7) is 10.7. The van der Waals surface area contributed by atoms with Crippen molar-refractivity contribution in [2.75, 3.05) is 37.7 Å². The highest BCUT2D eigenvalue weighted by Gasteiger charge is 2.39. The van der Waals surface area contributed by atoms with Gasteiger partial charge >= 0.3 is 6.09 Å². The summed E-state index contributed by atoms with van der Waals surface area (Å²) in [4.78, 5) is 34.1. The molecule has 2 unspecified atom stereocenters. The van der Waals surface area contributed by atoms with Crippen molar-refractivity contribution in [1.82, 2.24) is 9.88 Å². The monoisotopic (exact) mass is 525 g/mol. The van der Waals surface area contributed by atoms with E-state index < -0.39 is 22.4 Å². The van der Waals surface area contributed by atoms with Crippen LogP contribution in [0.5, 0.6) is 5.75 Å². The molecular weight excluding hydrogens is 490 g/mol. The molecule has 0 aliphatic carbocycles. The Hall–Kier alpha value is -3.40. The fourth-order valence-corrected chi connectivity index (χ4v) is 7.95. The lowest BCUT2D eigenvalue weighted by atomic mass is 10.0. The standard InChI is InChI=1S/C27H35N5O4S/c1-16-5-8-20-22(28)23(24(29)33)37(25(20)30-16)19-13-17-6-7-18(14-21(17)35-15-19)31-9-11-32(12-10-31)26(34)36-27(2,3)4/h5-8,14,19,37H,9-13,15,28H2,1-4H3,(H2,29,33). The quantitative estimate of drug-likeness (QED) is 0.527. The largest absolute Gasteiger partial charge is 0.492 e. The summed E-state index contributed by atoms with van der Waals surface area (Å²) in [6.07, 6.45) is 0.490. The number of nitrogens with zero attached hydrogens (tertiary/aromatic N) is 3. The molecule has 9 nitrogen and oxygen atoms in total. The fraction of sp³-hybridized carbons (Fsp3) is 0.444. The average molecular weight is 526 g/mol. The molecule has 3 aliphatic heterocycles. The molecular formula is C27H35N5O4S. The van der Waals surface area contributed by atoms with Gasteiger partial charge in [-0.1, -0.05) is 6.07 Å². The lowest BCUT2D eigenvalue weighted by Crippen LogP contribution is -2.50. The topological polar surface area (TPSA) is 124 Å². The number of carbonyl (C=O) groups is 2. The molecule has 0 radical (unpaired) electrons. The van der Waals surface area contributed by atoms with Crippen LogP contribution >= 0.6 is 10.9 Å². The van der Waals surface area contributed by atoms with Crippen LogP contribution < -0.4 is 21.1 Å². The number of aromatic nitrogens is 1. The number of thiol groups is 1. The molecule has 3 aliphatic rings. The second-order valence-corrected chi connectivity index (χ2v) is 13.1. The van der Waals surface area contributed by atoms with E-state index in [-0.39, 0.29) is 11.3 Å². The van der Waals surface area contributed by atoms with E-state index in [0.29, 0.717) is 30.3 Å². The summed E-state index contributed by atoms with van der Waals surface area (Å²) in [5.41, 5.74) is 16.0. The molecule has 2 amide bonds. The highest BCUT2D eigenvalue weighted by atomic mass is 32.2. The third-order valence-electron chi connectivity index (χ3n) is 6.86. The van der Waals surface area contributed by atoms with E-state index in [1.807, 2.05) is 39.8 Å². The third kappa shape index (κ3) is 4.94. The molecule has 37 heavy (non-hydrogen) atoms. The number of rotatable bonds is 3. The van der Waals surface area contributed by atoms with Crippen molar-refractivity contribution in [3.63, 3.8) is 0 Å². The summed E-state index contributed by atoms with van der Waals surface area (Å²) in [6, 6.07) is 10.1. The molecule has 10 heteroatoms. The molecule has 1 aromatic heterocycles. The molecule has 1 saturated heterocycles. The van der Waals surface area contributed by atoms with Crippen LogP contribution in [0.2, 0.25) is 0 Å². The van der Waals surface area contributed by atoms with E-state index in [0.717, 1.165) is 52.8 Å². The molecule has 1 fully saturated rings. The maximum absolute atomic E-state index is 12.4. The Morgan fingerprint density at radius 1 is 1.14 bits per heavy atom. The smallest absolute Gasteiger partial charge is 0.410 e. The number of fused-ring (bicyclic) bond motifs is 2. The Morgan fingerprint density at radius 3 is 2.54 bits per heavy atom. The SMILES string of the molecule is Cc1ccc2c(n1)[SH](C1COc3cc(N4CCN(C(=O)OC(C)(C)C)CC4)ccc3C1)C(C(N)=O)=C2N. The fourth-order valence-electron chi connectivity index (χ4n) is 5.09. The van der Waals surface area contributed by atoms with Gasteiger partial charge < -0.3 is 30.7 Å². The minimum atomic E-state index is -1.12. The van der Waals surface area contributed by atoms with Crippen molar-refractivity contribution < 1.29 is 19.1 Å². The Bertz CT molecular complexity index is 1280. The minimum absolute atomic E-state index is 0.0577. The first-order valence-corrected chi connectivity index (χ1v) is 14.0. The normalized spacial score (nSPS) is 22.3. The van der Waals surface area contributed by atoms with Crippen molar-refractivity contribution in [2.45, 2.75) is 50.0 Å². The van der Waals surface area contributed by atoms with Gasteiger partial charge in [-0.15, -0.1) is 0 Å². The Balaban J connectivity index is 1.30. The Kier molecular flexibility index (Phi) is 6.47. The van der Waals surface area contributed by atoms with E-state index in [2.05, 4.69) is 23.1 Å². The summed E-state index contributed by atoms with van der Waals surface area (Å²) in [7, 11) is -1.12. The maximum atomic E-state index is 12.4. The average Bonchev–Trinajstić information content (AvgIpc) is 3.14. The van der Waals surface area contributed by atoms with Gasteiger partial charge in [0.25, 0.3) is 5.91 Å². The van der Waals surface area contributed by atoms with Crippen LogP contribution in [0.3, 0.4) is 0 Å². The van der Waals surface area contributed by atoms with E-state index >= 15 is 0 Å². The van der Waals surface area contributed by atoms with E-state index in [1.165, 1.54) is 0 Å². The van der Waals surface area contributed by atoms with Crippen molar-refractivity contribution in [3.05, 3.63) is 52.1 Å². The van der Waals surface area contributed by atoms with Gasteiger partial charge in [0.05, 0.1) is 22.2 Å². The molecule has 2 atom stereocenters. The molecule has 0 spiro atoms. The highest BCUT2D eigenvalue weighted by Crippen LogP contribution is 2.57. The Morgan fingerprint density at radius 2 is 1.86 bits per heavy atom. The lowest BCUT2D eigenvalue weighted by molar-refractivity contribution is -0.113. The molecule has 2 aromatic rings. The van der Waals surface area contributed by atoms with Gasteiger partial charge in [-0.05, 0) is 57.9 Å². The van der Waals surface area contributed by atoms with E-state index in [4.69, 9.17) is 25.9 Å². The van der Waals surface area contributed by atoms with Crippen molar-refractivity contribution in [1.29, 1.82) is 0 Å². The van der Waals surface area contributed by atoms with Gasteiger partial charge in [0.1, 0.15) is 11.4 Å². The number of primary amides is 1. The van der Waals surface area contributed by atoms with Crippen LogP contribution in [0.25, 0.3) is 5.70 Å². The van der Waals surface area contributed by atoms with Gasteiger partial charge in [0, 0.05) is 54.4 Å². The molecule has 0 bridgehead atoms. The number of piperazine rings is 1. The van der Waals surface area contributed by atoms with Gasteiger partial charge in [-0.2, -0.15) is 10.9 Å². The molecule has 4 heterocycles. The number of pyridine rings is 1. The second-order valence-electron chi connectivity index (χ2n) is 10.7. The van der Waals surface area contributed by atoms with Crippen LogP contribution in [0.4, 0.5) is 10.5 Å². The number of hydrogen-bond donors (Lipinski definition) is 3. The van der Waals surface area contributed by atoms with Gasteiger partial charge in [0.2, 0.25) is 0 Å². The number of hydrogen-bond acceptors (Lipinski definition) is 7. The molecule has 4 N–H and O–H groups in total. The predicted octanol–water partition coefficient (Wildman–Crippen LogP) is 2.94. The first kappa shape index (κ1) is 25.3. The molecule has 0 saturated carbocycles. The van der Waals surface area contributed by atoms with Crippen molar-refractivity contribution >= 4 is 34.3 Å². The van der Waals surface area contributed by atoms with Crippen LogP contribution in [0, 0.1) is 6.92 Å². The van der Waals surface area contributed by atoms with Gasteiger partial charge in [-0.25, -0.2) is 9.78 Å². The molecule has 198 valence electrons. The third-order valence-corrected chi connectivity index (χ3v) is 9.66. The first-order valence-electron chi connectivity index (χ1n) is 12.6. The molecule has 1 aromatic carbocycles. The maximum Gasteiger partial charge on any atom is 0.410 e. The van der Waals surface area contributed by atoms with Crippen molar-refractivity contribution in [3.8, 4) is 5.75 Å². The zero-order valence-electron chi connectivity index (χ0n) is 21.8. The van der Waals surface area contributed by atoms with Crippen LogP contribution in [-0.2, 0) is 16.0 Å². The number of anilines is 1. The second kappa shape index (κ2) is 9.48. The summed E-state index contributed by atoms with van der Waals surface area (Å²) >= 11 is 0. The van der Waals surface area contributed by atoms with Gasteiger partial charge in [0.15, 0.2) is 0 Å². The first-order chi connectivity index (χ1) is 17.5. The number of nitrogens with two attached hydrogens (primary N) is 2. The number of aryl methyl sites for hydroxylation is 1. The van der Waals surface area contributed by atoms with Crippen LogP contribution in [-0.4, -0.2) is 65.5 Å². The van der Waals surface area contributed by atoms with Crippen LogP contribution in [0.1, 0.15) is 37.6 Å². The number of amides is 2. The summed E-state index contributed by atoms with van der Waals surface area (Å²) < 4.78 is 11.8. The number of carbonyl (C=O) groups excluding carboxylic acids is 2. The highest BCUT2D eigenvalue weighted by molar-refractivity contribution is 8.22. The van der Waals surface area contributed by atoms with E-state index in [9.17, 15) is 9.59 Å². The summed E-state index contributed by atoms with van der Waals surface area (Å²) in [5.74, 6) is 0.374. The van der Waals surface area contributed by atoms with Gasteiger partial charge in [-0.3, -0.25) is 4.79 Å². The van der Waals surface area contributed by atoms with E-state index in [1.54, 1.807) is 4.90 Å². The molecule has 5 rings (SSSR count). The lowest BCUT2D eigenvalue weighted by Gasteiger charge is -2.37.